The van der Waals surface area contributed by atoms with Crippen molar-refractivity contribution in [2.75, 3.05) is 0 Å². The summed E-state index contributed by atoms with van der Waals surface area (Å²) in [5.41, 5.74) is 4.38. The van der Waals surface area contributed by atoms with Crippen LogP contribution in [-0.4, -0.2) is 5.11 Å². The highest BCUT2D eigenvalue weighted by molar-refractivity contribution is 5.45. The molecule has 4 aliphatic carbocycles. The molecular formula is C18H24O. The van der Waals surface area contributed by atoms with Gasteiger partial charge in [0.2, 0.25) is 0 Å². The second-order valence-electron chi connectivity index (χ2n) is 7.65. The summed E-state index contributed by atoms with van der Waals surface area (Å²) in [5, 5.41) is 9.91. The predicted octanol–water partition coefficient (Wildman–Crippen LogP) is 4.48. The van der Waals surface area contributed by atoms with Gasteiger partial charge in [-0.25, -0.2) is 0 Å². The van der Waals surface area contributed by atoms with Crippen LogP contribution >= 0.6 is 0 Å². The van der Waals surface area contributed by atoms with E-state index in [2.05, 4.69) is 13.0 Å². The Kier molecular flexibility index (Phi) is 2.35. The molecule has 0 atom stereocenters. The third-order valence-electron chi connectivity index (χ3n) is 6.15. The number of phenols is 1. The fraction of sp³-hybridized carbons (Fsp3) is 0.667. The van der Waals surface area contributed by atoms with Crippen molar-refractivity contribution in [2.24, 2.45) is 17.8 Å². The molecule has 1 nitrogen and oxygen atoms in total. The molecule has 1 heteroatoms. The molecule has 0 amide bonds. The molecule has 0 heterocycles. The largest absolute Gasteiger partial charge is 0.508 e. The lowest BCUT2D eigenvalue weighted by molar-refractivity contribution is -0.00550. The molecular weight excluding hydrogens is 232 g/mol. The molecule has 1 N–H and O–H groups in total. The first-order chi connectivity index (χ1) is 9.06. The number of rotatable bonds is 1. The predicted molar refractivity (Wildman–Crippen MR) is 77.4 cm³/mol. The maximum atomic E-state index is 9.91. The second-order valence-corrected chi connectivity index (χ2v) is 7.65. The first-order valence-electron chi connectivity index (χ1n) is 7.86. The van der Waals surface area contributed by atoms with E-state index in [0.717, 1.165) is 23.3 Å². The van der Waals surface area contributed by atoms with Gasteiger partial charge in [-0.05, 0) is 98.3 Å². The Morgan fingerprint density at radius 3 is 1.95 bits per heavy atom. The zero-order chi connectivity index (χ0) is 13.2. The van der Waals surface area contributed by atoms with E-state index in [4.69, 9.17) is 0 Å². The average molecular weight is 256 g/mol. The van der Waals surface area contributed by atoms with E-state index in [0.29, 0.717) is 11.2 Å². The van der Waals surface area contributed by atoms with E-state index in [-0.39, 0.29) is 0 Å². The fourth-order valence-corrected chi connectivity index (χ4v) is 5.81. The van der Waals surface area contributed by atoms with Crippen molar-refractivity contribution in [1.82, 2.24) is 0 Å². The molecule has 1 aromatic carbocycles. The van der Waals surface area contributed by atoms with Gasteiger partial charge in [0.15, 0.2) is 0 Å². The summed E-state index contributed by atoms with van der Waals surface area (Å²) in [6, 6.07) is 4.28. The van der Waals surface area contributed by atoms with Gasteiger partial charge in [0.25, 0.3) is 0 Å². The van der Waals surface area contributed by atoms with Crippen molar-refractivity contribution in [1.29, 1.82) is 0 Å². The lowest BCUT2D eigenvalue weighted by atomic mass is 9.47. The number of aryl methyl sites for hydroxylation is 2. The van der Waals surface area contributed by atoms with Crippen LogP contribution in [0.25, 0.3) is 0 Å². The quantitative estimate of drug-likeness (QED) is 0.785. The van der Waals surface area contributed by atoms with Crippen LogP contribution in [0.2, 0.25) is 0 Å². The highest BCUT2D eigenvalue weighted by Crippen LogP contribution is 2.61. The van der Waals surface area contributed by atoms with Gasteiger partial charge in [-0.15, -0.1) is 0 Å². The van der Waals surface area contributed by atoms with Crippen LogP contribution in [0.15, 0.2) is 12.1 Å². The Hall–Kier alpha value is -0.980. The molecule has 0 spiro atoms. The van der Waals surface area contributed by atoms with Crippen molar-refractivity contribution < 1.29 is 5.11 Å². The van der Waals surface area contributed by atoms with E-state index >= 15 is 0 Å². The lowest BCUT2D eigenvalue weighted by Crippen LogP contribution is -2.48. The van der Waals surface area contributed by atoms with Gasteiger partial charge >= 0.3 is 0 Å². The van der Waals surface area contributed by atoms with Crippen LogP contribution in [0.3, 0.4) is 0 Å². The normalized spacial score (nSPS) is 39.8. The number of hydrogen-bond donors (Lipinski definition) is 1. The molecule has 19 heavy (non-hydrogen) atoms. The number of hydrogen-bond acceptors (Lipinski definition) is 1. The van der Waals surface area contributed by atoms with Crippen molar-refractivity contribution in [2.45, 2.75) is 57.8 Å². The maximum absolute atomic E-state index is 9.91. The Morgan fingerprint density at radius 2 is 1.42 bits per heavy atom. The smallest absolute Gasteiger partial charge is 0.118 e. The monoisotopic (exact) mass is 256 g/mol. The van der Waals surface area contributed by atoms with E-state index in [9.17, 15) is 5.11 Å². The lowest BCUT2D eigenvalue weighted by Gasteiger charge is -2.57. The molecule has 102 valence electrons. The molecule has 0 aliphatic heterocycles. The van der Waals surface area contributed by atoms with E-state index in [1.54, 1.807) is 5.56 Å². The van der Waals surface area contributed by atoms with Crippen LogP contribution in [0, 0.1) is 31.6 Å². The molecule has 0 aromatic heterocycles. The number of phenolic OH excluding ortho intramolecular Hbond substituents is 1. The van der Waals surface area contributed by atoms with Gasteiger partial charge in [0.1, 0.15) is 5.75 Å². The SMILES string of the molecule is Cc1cc(C23CC4CC(CC(C4)C2)C3)c(C)cc1O. The third-order valence-corrected chi connectivity index (χ3v) is 6.15. The van der Waals surface area contributed by atoms with Gasteiger partial charge in [0.05, 0.1) is 0 Å². The standard InChI is InChI=1S/C18H24O/c1-11-4-17(19)12(2)3-16(11)18-8-13-5-14(9-18)7-15(6-13)10-18/h3-4,13-15,19H,5-10H2,1-2H3. The zero-order valence-electron chi connectivity index (χ0n) is 12.1. The van der Waals surface area contributed by atoms with Crippen LogP contribution < -0.4 is 0 Å². The summed E-state index contributed by atoms with van der Waals surface area (Å²) in [6.45, 7) is 4.23. The summed E-state index contributed by atoms with van der Waals surface area (Å²) in [5.74, 6) is 3.42. The summed E-state index contributed by atoms with van der Waals surface area (Å²) in [6.07, 6.45) is 8.71. The Labute approximate surface area is 116 Å². The molecule has 0 radical (unpaired) electrons. The van der Waals surface area contributed by atoms with E-state index in [1.807, 2.05) is 13.0 Å². The zero-order valence-corrected chi connectivity index (χ0v) is 12.1. The van der Waals surface area contributed by atoms with Crippen molar-refractivity contribution >= 4 is 0 Å². The highest BCUT2D eigenvalue weighted by atomic mass is 16.3. The fourth-order valence-electron chi connectivity index (χ4n) is 5.81. The number of benzene rings is 1. The van der Waals surface area contributed by atoms with E-state index in [1.165, 1.54) is 44.1 Å². The molecule has 4 aliphatic rings. The first kappa shape index (κ1) is 11.8. The van der Waals surface area contributed by atoms with Gasteiger partial charge in [-0.1, -0.05) is 6.07 Å². The summed E-state index contributed by atoms with van der Waals surface area (Å²) in [4.78, 5) is 0. The van der Waals surface area contributed by atoms with Crippen LogP contribution in [0.5, 0.6) is 5.75 Å². The molecule has 5 rings (SSSR count). The average Bonchev–Trinajstić information content (AvgIpc) is 2.32. The minimum atomic E-state index is 0.456. The summed E-state index contributed by atoms with van der Waals surface area (Å²) in [7, 11) is 0. The Balaban J connectivity index is 1.81. The second kappa shape index (κ2) is 3.77. The third kappa shape index (κ3) is 1.67. The van der Waals surface area contributed by atoms with E-state index < -0.39 is 0 Å². The molecule has 0 unspecified atom stereocenters. The van der Waals surface area contributed by atoms with Crippen LogP contribution in [0.4, 0.5) is 0 Å². The van der Waals surface area contributed by atoms with Crippen LogP contribution in [0.1, 0.15) is 55.2 Å². The molecule has 1 aromatic rings. The molecule has 4 bridgehead atoms. The maximum Gasteiger partial charge on any atom is 0.118 e. The van der Waals surface area contributed by atoms with Gasteiger partial charge in [-0.2, -0.15) is 0 Å². The Morgan fingerprint density at radius 1 is 0.895 bits per heavy atom. The molecule has 0 saturated heterocycles. The highest BCUT2D eigenvalue weighted by Gasteiger charge is 2.51. The van der Waals surface area contributed by atoms with Gasteiger partial charge in [-0.3, -0.25) is 0 Å². The summed E-state index contributed by atoms with van der Waals surface area (Å²) < 4.78 is 0. The minimum Gasteiger partial charge on any atom is -0.508 e. The van der Waals surface area contributed by atoms with Crippen LogP contribution in [-0.2, 0) is 5.41 Å². The summed E-state index contributed by atoms with van der Waals surface area (Å²) >= 11 is 0. The first-order valence-corrected chi connectivity index (χ1v) is 7.86. The molecule has 4 fully saturated rings. The Bertz CT molecular complexity index is 493. The molecule has 4 saturated carbocycles. The van der Waals surface area contributed by atoms with Gasteiger partial charge < -0.3 is 5.11 Å². The van der Waals surface area contributed by atoms with Crippen molar-refractivity contribution in [3.8, 4) is 5.75 Å². The van der Waals surface area contributed by atoms with Crippen molar-refractivity contribution in [3.63, 3.8) is 0 Å². The topological polar surface area (TPSA) is 20.2 Å². The van der Waals surface area contributed by atoms with Crippen molar-refractivity contribution in [3.05, 3.63) is 28.8 Å². The minimum absolute atomic E-state index is 0.456. The number of aromatic hydroxyl groups is 1. The van der Waals surface area contributed by atoms with Gasteiger partial charge in [0, 0.05) is 0 Å².